The van der Waals surface area contributed by atoms with Crippen molar-refractivity contribution in [1.29, 1.82) is 0 Å². The molecule has 0 aromatic heterocycles. The van der Waals surface area contributed by atoms with Crippen LogP contribution in [0.2, 0.25) is 0 Å². The van der Waals surface area contributed by atoms with Gasteiger partial charge >= 0.3 is 0 Å². The lowest BCUT2D eigenvalue weighted by Crippen LogP contribution is -2.42. The lowest BCUT2D eigenvalue weighted by molar-refractivity contribution is -0.384. The normalized spacial score (nSPS) is 31.2. The topological polar surface area (TPSA) is 80.4 Å². The molecule has 5 rings (SSSR count). The number of rotatable bonds is 2. The summed E-state index contributed by atoms with van der Waals surface area (Å²) in [6.45, 7) is 2.14. The molecule has 0 spiro atoms. The van der Waals surface area contributed by atoms with E-state index in [0.29, 0.717) is 23.5 Å². The van der Waals surface area contributed by atoms with Gasteiger partial charge in [0.2, 0.25) is 0 Å². The quantitative estimate of drug-likeness (QED) is 0.412. The van der Waals surface area contributed by atoms with Gasteiger partial charge < -0.3 is 5.11 Å². The first kappa shape index (κ1) is 19.0. The van der Waals surface area contributed by atoms with Gasteiger partial charge in [-0.15, -0.1) is 0 Å². The Morgan fingerprint density at radius 1 is 1.17 bits per heavy atom. The lowest BCUT2D eigenvalue weighted by atomic mass is 9.55. The van der Waals surface area contributed by atoms with Crippen LogP contribution in [-0.2, 0) is 11.2 Å². The number of allylic oxidation sites excluding steroid dienone is 1. The number of nitro groups is 1. The first-order valence-electron chi connectivity index (χ1n) is 10.7. The highest BCUT2D eigenvalue weighted by atomic mass is 16.6. The molecule has 2 saturated carbocycles. The number of carbonyl (C=O) groups is 1. The van der Waals surface area contributed by atoms with E-state index in [1.807, 2.05) is 12.1 Å². The van der Waals surface area contributed by atoms with E-state index in [4.69, 9.17) is 0 Å². The molecule has 5 heteroatoms. The Kier molecular flexibility index (Phi) is 4.31. The standard InChI is InChI=1S/C25H25NO4/c1-25-11-10-21-20-9-7-19(27)13-16(20)4-8-22(21)23(25)14-17(24(25)28)12-15-2-5-18(6-3-15)26(29)30/h2-3,5-7,9,12-13,21-23,27H,4,8,10-11,14H2,1H3/t21-,22-,23+,25+/m1/s1. The molecule has 154 valence electrons. The van der Waals surface area contributed by atoms with Crippen molar-refractivity contribution in [3.8, 4) is 5.75 Å². The number of hydrogen-bond acceptors (Lipinski definition) is 4. The summed E-state index contributed by atoms with van der Waals surface area (Å²) in [6, 6.07) is 12.2. The van der Waals surface area contributed by atoms with Crippen LogP contribution in [0.25, 0.3) is 6.08 Å². The van der Waals surface area contributed by atoms with Gasteiger partial charge in [0.1, 0.15) is 5.75 Å². The van der Waals surface area contributed by atoms with Crippen LogP contribution < -0.4 is 0 Å². The number of carbonyl (C=O) groups excluding carboxylic acids is 1. The van der Waals surface area contributed by atoms with Crippen LogP contribution in [0.3, 0.4) is 0 Å². The van der Waals surface area contributed by atoms with Gasteiger partial charge in [0.15, 0.2) is 5.78 Å². The minimum absolute atomic E-state index is 0.0604. The zero-order chi connectivity index (χ0) is 21.0. The number of Topliss-reactive ketones (excluding diaryl/α,β-unsaturated/α-hetero) is 1. The van der Waals surface area contributed by atoms with Crippen LogP contribution in [0, 0.1) is 27.4 Å². The summed E-state index contributed by atoms with van der Waals surface area (Å²) >= 11 is 0. The number of aromatic hydroxyl groups is 1. The van der Waals surface area contributed by atoms with Gasteiger partial charge in [0.05, 0.1) is 4.92 Å². The summed E-state index contributed by atoms with van der Waals surface area (Å²) in [7, 11) is 0. The molecule has 2 aromatic rings. The first-order chi connectivity index (χ1) is 14.4. The van der Waals surface area contributed by atoms with Crippen LogP contribution in [0.4, 0.5) is 5.69 Å². The molecule has 0 radical (unpaired) electrons. The Bertz CT molecular complexity index is 1070. The van der Waals surface area contributed by atoms with Crippen molar-refractivity contribution >= 4 is 17.5 Å². The number of phenolic OH excluding ortho intramolecular Hbond substituents is 1. The van der Waals surface area contributed by atoms with Crippen LogP contribution in [0.5, 0.6) is 5.75 Å². The smallest absolute Gasteiger partial charge is 0.269 e. The fraction of sp³-hybridized carbons (Fsp3) is 0.400. The van der Waals surface area contributed by atoms with Crippen molar-refractivity contribution in [3.05, 3.63) is 74.8 Å². The molecule has 2 aromatic carbocycles. The predicted molar refractivity (Wildman–Crippen MR) is 114 cm³/mol. The van der Waals surface area contributed by atoms with Gasteiger partial charge in [-0.3, -0.25) is 14.9 Å². The second kappa shape index (κ2) is 6.79. The van der Waals surface area contributed by atoms with Gasteiger partial charge in [-0.05, 0) is 102 Å². The highest BCUT2D eigenvalue weighted by Gasteiger charge is 2.56. The lowest BCUT2D eigenvalue weighted by Gasteiger charge is -2.48. The summed E-state index contributed by atoms with van der Waals surface area (Å²) < 4.78 is 0. The van der Waals surface area contributed by atoms with E-state index in [-0.39, 0.29) is 16.9 Å². The highest BCUT2D eigenvalue weighted by molar-refractivity contribution is 6.06. The monoisotopic (exact) mass is 403 g/mol. The molecule has 0 bridgehead atoms. The minimum Gasteiger partial charge on any atom is -0.508 e. The molecule has 1 N–H and O–H groups in total. The maximum Gasteiger partial charge on any atom is 0.269 e. The SMILES string of the molecule is C[C@]12CC[C@@H]3c4ccc(O)cc4CC[C@H]3[C@@H]1CC(=Cc1ccc([N+](=O)[O-])cc1)C2=O. The Hall–Kier alpha value is -2.95. The molecule has 3 aliphatic rings. The van der Waals surface area contributed by atoms with E-state index in [9.17, 15) is 20.0 Å². The summed E-state index contributed by atoms with van der Waals surface area (Å²) in [6.07, 6.45) is 6.61. The molecule has 30 heavy (non-hydrogen) atoms. The van der Waals surface area contributed by atoms with E-state index in [2.05, 4.69) is 13.0 Å². The van der Waals surface area contributed by atoms with Crippen molar-refractivity contribution in [3.63, 3.8) is 0 Å². The molecule has 0 heterocycles. The molecule has 0 saturated heterocycles. The third-order valence-electron chi connectivity index (χ3n) is 7.79. The van der Waals surface area contributed by atoms with Gasteiger partial charge in [-0.1, -0.05) is 13.0 Å². The Morgan fingerprint density at radius 3 is 2.67 bits per heavy atom. The van der Waals surface area contributed by atoms with Gasteiger partial charge in [-0.2, -0.15) is 0 Å². The van der Waals surface area contributed by atoms with Crippen molar-refractivity contribution in [2.45, 2.75) is 44.9 Å². The van der Waals surface area contributed by atoms with E-state index in [0.717, 1.165) is 43.2 Å². The van der Waals surface area contributed by atoms with Gasteiger partial charge in [-0.25, -0.2) is 0 Å². The molecule has 5 nitrogen and oxygen atoms in total. The van der Waals surface area contributed by atoms with E-state index in [1.54, 1.807) is 18.2 Å². The average molecular weight is 403 g/mol. The van der Waals surface area contributed by atoms with Crippen LogP contribution >= 0.6 is 0 Å². The van der Waals surface area contributed by atoms with Crippen LogP contribution in [-0.4, -0.2) is 15.8 Å². The van der Waals surface area contributed by atoms with E-state index >= 15 is 0 Å². The Morgan fingerprint density at radius 2 is 1.93 bits per heavy atom. The number of hydrogen-bond donors (Lipinski definition) is 1. The van der Waals surface area contributed by atoms with E-state index < -0.39 is 4.92 Å². The Balaban J connectivity index is 1.45. The summed E-state index contributed by atoms with van der Waals surface area (Å²) in [5.41, 5.74) is 4.05. The first-order valence-corrected chi connectivity index (χ1v) is 10.7. The van der Waals surface area contributed by atoms with E-state index in [1.165, 1.54) is 23.3 Å². The number of benzene rings is 2. The largest absolute Gasteiger partial charge is 0.508 e. The number of phenols is 1. The molecule has 3 aliphatic carbocycles. The van der Waals surface area contributed by atoms with Gasteiger partial charge in [0, 0.05) is 17.5 Å². The molecule has 0 unspecified atom stereocenters. The molecular weight excluding hydrogens is 378 g/mol. The van der Waals surface area contributed by atoms with Crippen molar-refractivity contribution < 1.29 is 14.8 Å². The fourth-order valence-corrected chi connectivity index (χ4v) is 6.26. The number of non-ortho nitro benzene ring substituents is 1. The highest BCUT2D eigenvalue weighted by Crippen LogP contribution is 2.60. The number of fused-ring (bicyclic) bond motifs is 5. The van der Waals surface area contributed by atoms with Crippen molar-refractivity contribution in [2.75, 3.05) is 0 Å². The predicted octanol–water partition coefficient (Wildman–Crippen LogP) is 5.42. The van der Waals surface area contributed by atoms with Crippen LogP contribution in [0.15, 0.2) is 48.0 Å². The summed E-state index contributed by atoms with van der Waals surface area (Å²) in [4.78, 5) is 23.9. The number of ketones is 1. The second-order valence-corrected chi connectivity index (χ2v) is 9.31. The molecule has 0 amide bonds. The molecule has 0 aliphatic heterocycles. The number of nitro benzene ring substituents is 1. The average Bonchev–Trinajstić information content (AvgIpc) is 2.98. The maximum absolute atomic E-state index is 13.4. The maximum atomic E-state index is 13.4. The molecule has 2 fully saturated rings. The fourth-order valence-electron chi connectivity index (χ4n) is 6.26. The summed E-state index contributed by atoms with van der Waals surface area (Å²) in [5.74, 6) is 1.85. The number of aryl methyl sites for hydroxylation is 1. The number of nitrogens with zero attached hydrogens (tertiary/aromatic N) is 1. The van der Waals surface area contributed by atoms with Crippen molar-refractivity contribution in [1.82, 2.24) is 0 Å². The third kappa shape index (κ3) is 2.87. The third-order valence-corrected chi connectivity index (χ3v) is 7.79. The Labute approximate surface area is 175 Å². The van der Waals surface area contributed by atoms with Crippen molar-refractivity contribution in [2.24, 2.45) is 17.3 Å². The molecule has 4 atom stereocenters. The zero-order valence-corrected chi connectivity index (χ0v) is 17.0. The second-order valence-electron chi connectivity index (χ2n) is 9.31. The van der Waals surface area contributed by atoms with Crippen LogP contribution in [0.1, 0.15) is 55.2 Å². The summed E-state index contributed by atoms with van der Waals surface area (Å²) in [5, 5.41) is 20.7. The molecular formula is C25H25NO4. The zero-order valence-electron chi connectivity index (χ0n) is 17.0. The minimum atomic E-state index is -0.409. The van der Waals surface area contributed by atoms with Gasteiger partial charge in [0.25, 0.3) is 5.69 Å².